The van der Waals surface area contributed by atoms with Crippen molar-refractivity contribution in [1.29, 1.82) is 0 Å². The number of nitrogens with zero attached hydrogens (tertiary/aromatic N) is 6. The summed E-state index contributed by atoms with van der Waals surface area (Å²) in [6.45, 7) is 2.69. The summed E-state index contributed by atoms with van der Waals surface area (Å²) in [5.41, 5.74) is 1.60. The van der Waals surface area contributed by atoms with Gasteiger partial charge in [0.1, 0.15) is 18.3 Å². The monoisotopic (exact) mass is 453 g/mol. The van der Waals surface area contributed by atoms with E-state index >= 15 is 0 Å². The number of carbonyl (C=O) groups is 1. The Bertz CT molecular complexity index is 1100. The predicted molar refractivity (Wildman–Crippen MR) is 123 cm³/mol. The van der Waals surface area contributed by atoms with E-state index in [1.165, 1.54) is 0 Å². The van der Waals surface area contributed by atoms with E-state index in [2.05, 4.69) is 31.1 Å². The van der Waals surface area contributed by atoms with Crippen LogP contribution < -0.4 is 5.32 Å². The zero-order chi connectivity index (χ0) is 22.8. The minimum atomic E-state index is -0.282. The number of rotatable bonds is 7. The maximum absolute atomic E-state index is 12.2. The van der Waals surface area contributed by atoms with E-state index in [9.17, 15) is 9.90 Å². The third-order valence-corrected chi connectivity index (χ3v) is 6.60. The van der Waals surface area contributed by atoms with E-state index in [0.29, 0.717) is 17.6 Å². The number of aliphatic hydroxyl groups is 1. The van der Waals surface area contributed by atoms with Gasteiger partial charge in [-0.15, -0.1) is 0 Å². The highest BCUT2D eigenvalue weighted by molar-refractivity contribution is 5.76. The highest BCUT2D eigenvalue weighted by Crippen LogP contribution is 2.27. The Kier molecular flexibility index (Phi) is 6.28. The third kappa shape index (κ3) is 5.33. The Hall–Kier alpha value is -2.98. The molecule has 1 saturated heterocycles. The van der Waals surface area contributed by atoms with Crippen molar-refractivity contribution < 1.29 is 14.6 Å². The molecule has 1 saturated carbocycles. The first kappa shape index (κ1) is 21.8. The average Bonchev–Trinajstić information content (AvgIpc) is 3.51. The van der Waals surface area contributed by atoms with Gasteiger partial charge in [0.25, 0.3) is 0 Å². The van der Waals surface area contributed by atoms with Crippen LogP contribution in [0.2, 0.25) is 0 Å². The van der Waals surface area contributed by atoms with Crippen molar-refractivity contribution in [3.63, 3.8) is 0 Å². The minimum absolute atomic E-state index is 0.0364. The maximum Gasteiger partial charge on any atom is 0.328 e. The quantitative estimate of drug-likeness (QED) is 0.524. The molecule has 0 aromatic carbocycles. The van der Waals surface area contributed by atoms with Gasteiger partial charge in [-0.25, -0.2) is 4.98 Å². The van der Waals surface area contributed by atoms with Crippen LogP contribution in [-0.4, -0.2) is 72.6 Å². The molecule has 0 bridgehead atoms. The lowest BCUT2D eigenvalue weighted by Crippen LogP contribution is -2.24. The zero-order valence-electron chi connectivity index (χ0n) is 18.9. The van der Waals surface area contributed by atoms with E-state index in [1.54, 1.807) is 17.1 Å². The second kappa shape index (κ2) is 9.48. The second-order valence-electron chi connectivity index (χ2n) is 9.33. The summed E-state index contributed by atoms with van der Waals surface area (Å²) in [7, 11) is 2.02. The van der Waals surface area contributed by atoms with Gasteiger partial charge in [-0.3, -0.25) is 9.48 Å². The summed E-state index contributed by atoms with van der Waals surface area (Å²) in [4.78, 5) is 23.5. The van der Waals surface area contributed by atoms with E-state index in [0.717, 1.165) is 62.8 Å². The number of fused-ring (bicyclic) bond motifs is 1. The zero-order valence-corrected chi connectivity index (χ0v) is 18.9. The normalized spacial score (nSPS) is 23.8. The minimum Gasteiger partial charge on any atom is -0.460 e. The fraction of sp³-hybridized carbons (Fsp3) is 0.565. The highest BCUT2D eigenvalue weighted by atomic mass is 16.5. The van der Waals surface area contributed by atoms with Gasteiger partial charge < -0.3 is 24.6 Å². The molecule has 0 amide bonds. The molecule has 5 rings (SSSR count). The number of anilines is 2. The summed E-state index contributed by atoms with van der Waals surface area (Å²) in [6, 6.07) is 2.03. The number of carbonyl (C=O) groups excluding carboxylic acids is 1. The lowest BCUT2D eigenvalue weighted by molar-refractivity contribution is -0.149. The summed E-state index contributed by atoms with van der Waals surface area (Å²) in [5, 5.41) is 18.2. The molecular formula is C23H31N7O3. The van der Waals surface area contributed by atoms with E-state index < -0.39 is 0 Å². The molecule has 2 fully saturated rings. The molecule has 33 heavy (non-hydrogen) atoms. The Morgan fingerprint density at radius 3 is 2.88 bits per heavy atom. The van der Waals surface area contributed by atoms with Gasteiger partial charge in [0.2, 0.25) is 5.95 Å². The van der Waals surface area contributed by atoms with Crippen molar-refractivity contribution in [3.05, 3.63) is 30.9 Å². The lowest BCUT2D eigenvalue weighted by Gasteiger charge is -2.25. The van der Waals surface area contributed by atoms with Crippen LogP contribution in [0.5, 0.6) is 0 Å². The number of likely N-dealkylation sites (tertiary alicyclic amines) is 1. The Labute approximate surface area is 192 Å². The lowest BCUT2D eigenvalue weighted by atomic mass is 9.87. The molecular weight excluding hydrogens is 422 g/mol. The molecule has 4 heterocycles. The van der Waals surface area contributed by atoms with Crippen molar-refractivity contribution in [1.82, 2.24) is 29.2 Å². The smallest absolute Gasteiger partial charge is 0.328 e. The van der Waals surface area contributed by atoms with Gasteiger partial charge >= 0.3 is 5.97 Å². The molecule has 0 radical (unpaired) electrons. The van der Waals surface area contributed by atoms with Crippen LogP contribution >= 0.6 is 0 Å². The van der Waals surface area contributed by atoms with Crippen LogP contribution in [0.3, 0.4) is 0 Å². The first-order valence-corrected chi connectivity index (χ1v) is 11.7. The number of aliphatic hydroxyl groups excluding tert-OH is 1. The van der Waals surface area contributed by atoms with Crippen LogP contribution in [0.15, 0.2) is 30.9 Å². The molecule has 1 atom stereocenters. The number of esters is 1. The average molecular weight is 454 g/mol. The fourth-order valence-electron chi connectivity index (χ4n) is 4.77. The van der Waals surface area contributed by atoms with Crippen molar-refractivity contribution in [2.75, 3.05) is 25.5 Å². The Morgan fingerprint density at radius 1 is 1.24 bits per heavy atom. The third-order valence-electron chi connectivity index (χ3n) is 6.60. The summed E-state index contributed by atoms with van der Waals surface area (Å²) in [6.07, 6.45) is 11.8. The number of nitrogens with one attached hydrogen (secondary N) is 1. The van der Waals surface area contributed by atoms with Crippen LogP contribution in [0.4, 0.5) is 11.6 Å². The SMILES string of the molecule is CN1CC[C@@H](OC(=O)Cn2cc(Nc3ncc4ccn(C[C@H]5CC[C@H](O)CC5)c4n3)cn2)C1. The molecule has 1 aliphatic carbocycles. The molecule has 0 spiro atoms. The fourth-order valence-corrected chi connectivity index (χ4v) is 4.77. The maximum atomic E-state index is 12.2. The standard InChI is InChI=1S/C23H31N7O3/c1-28-8-7-20(14-28)33-21(32)15-30-13-18(11-25-30)26-23-24-10-17-6-9-29(22(17)27-23)12-16-2-4-19(31)5-3-16/h6,9-11,13,16,19-20,31H,2-5,7-8,12,14-15H2,1H3,(H,24,26,27)/t16-,19-,20-/m1/s1. The molecule has 10 heteroatoms. The van der Waals surface area contributed by atoms with Gasteiger partial charge in [0, 0.05) is 43.6 Å². The molecule has 1 aliphatic heterocycles. The van der Waals surface area contributed by atoms with Crippen LogP contribution in [0, 0.1) is 5.92 Å². The first-order chi connectivity index (χ1) is 16.0. The van der Waals surface area contributed by atoms with E-state index in [4.69, 9.17) is 9.72 Å². The van der Waals surface area contributed by atoms with Crippen molar-refractivity contribution >= 4 is 28.6 Å². The number of ether oxygens (including phenoxy) is 1. The molecule has 0 unspecified atom stereocenters. The van der Waals surface area contributed by atoms with Gasteiger partial charge in [-0.2, -0.15) is 10.1 Å². The number of hydrogen-bond acceptors (Lipinski definition) is 8. The highest BCUT2D eigenvalue weighted by Gasteiger charge is 2.23. The van der Waals surface area contributed by atoms with Gasteiger partial charge in [-0.1, -0.05) is 0 Å². The van der Waals surface area contributed by atoms with Crippen LogP contribution in [0.1, 0.15) is 32.1 Å². The number of aromatic nitrogens is 5. The van der Waals surface area contributed by atoms with Gasteiger partial charge in [0.15, 0.2) is 0 Å². The Balaban J connectivity index is 1.20. The second-order valence-corrected chi connectivity index (χ2v) is 9.33. The molecule has 176 valence electrons. The topological polar surface area (TPSA) is 110 Å². The molecule has 2 N–H and O–H groups in total. The van der Waals surface area contributed by atoms with E-state index in [1.807, 2.05) is 19.3 Å². The van der Waals surface area contributed by atoms with Crippen molar-refractivity contribution in [2.24, 2.45) is 5.92 Å². The summed E-state index contributed by atoms with van der Waals surface area (Å²) in [5.74, 6) is 0.756. The van der Waals surface area contributed by atoms with Crippen LogP contribution in [-0.2, 0) is 22.6 Å². The molecule has 3 aromatic rings. The summed E-state index contributed by atoms with van der Waals surface area (Å²) >= 11 is 0. The largest absolute Gasteiger partial charge is 0.460 e. The molecule has 2 aliphatic rings. The van der Waals surface area contributed by atoms with Crippen LogP contribution in [0.25, 0.3) is 11.0 Å². The summed E-state index contributed by atoms with van der Waals surface area (Å²) < 4.78 is 9.26. The predicted octanol–water partition coefficient (Wildman–Crippen LogP) is 2.17. The Morgan fingerprint density at radius 2 is 2.09 bits per heavy atom. The van der Waals surface area contributed by atoms with E-state index in [-0.39, 0.29) is 24.7 Å². The number of hydrogen-bond donors (Lipinski definition) is 2. The van der Waals surface area contributed by atoms with Gasteiger partial charge in [0.05, 0.1) is 18.0 Å². The van der Waals surface area contributed by atoms with Crippen molar-refractivity contribution in [3.8, 4) is 0 Å². The van der Waals surface area contributed by atoms with Crippen molar-refractivity contribution in [2.45, 2.75) is 57.4 Å². The number of likely N-dealkylation sites (N-methyl/N-ethyl adjacent to an activating group) is 1. The van der Waals surface area contributed by atoms with Gasteiger partial charge in [-0.05, 0) is 51.1 Å². The molecule has 3 aromatic heterocycles. The first-order valence-electron chi connectivity index (χ1n) is 11.7. The molecule has 10 nitrogen and oxygen atoms in total.